The van der Waals surface area contributed by atoms with Gasteiger partial charge in [-0.25, -0.2) is 0 Å². The van der Waals surface area contributed by atoms with E-state index in [1.807, 2.05) is 6.92 Å². The van der Waals surface area contributed by atoms with Gasteiger partial charge in [0.05, 0.1) is 6.61 Å². The van der Waals surface area contributed by atoms with E-state index in [4.69, 9.17) is 4.74 Å². The molecule has 0 bridgehead atoms. The van der Waals surface area contributed by atoms with E-state index in [9.17, 15) is 9.59 Å². The maximum Gasteiger partial charge on any atom is 0.220 e. The van der Waals surface area contributed by atoms with Gasteiger partial charge in [0.15, 0.2) is 5.78 Å². The number of ketones is 1. The second-order valence-corrected chi connectivity index (χ2v) is 6.82. The molecule has 0 spiro atoms. The van der Waals surface area contributed by atoms with Gasteiger partial charge in [0.1, 0.15) is 5.75 Å². The summed E-state index contributed by atoms with van der Waals surface area (Å²) in [5.41, 5.74) is 0.630. The third kappa shape index (κ3) is 5.08. The van der Waals surface area contributed by atoms with Crippen LogP contribution in [0.5, 0.6) is 5.75 Å². The highest BCUT2D eigenvalue weighted by Crippen LogP contribution is 2.29. The van der Waals surface area contributed by atoms with Crippen LogP contribution in [0.15, 0.2) is 24.3 Å². The SMILES string of the molecule is CCOc1ccc(C(=O)CCC(=O)N[C@H]2CCC[C@H](C)[C@@H]2C)cc1. The molecule has 1 amide bonds. The largest absolute Gasteiger partial charge is 0.494 e. The minimum atomic E-state index is -0.0137. The first-order chi connectivity index (χ1) is 11.5. The van der Waals surface area contributed by atoms with Crippen molar-refractivity contribution in [1.82, 2.24) is 5.32 Å². The van der Waals surface area contributed by atoms with Gasteiger partial charge in [-0.2, -0.15) is 0 Å². The van der Waals surface area contributed by atoms with Gasteiger partial charge in [0.25, 0.3) is 0 Å². The molecule has 4 heteroatoms. The van der Waals surface area contributed by atoms with E-state index in [-0.39, 0.29) is 30.6 Å². The van der Waals surface area contributed by atoms with Crippen LogP contribution >= 0.6 is 0 Å². The van der Waals surface area contributed by atoms with Gasteiger partial charge in [-0.3, -0.25) is 9.59 Å². The molecule has 24 heavy (non-hydrogen) atoms. The van der Waals surface area contributed by atoms with Crippen molar-refractivity contribution in [2.24, 2.45) is 11.8 Å². The Balaban J connectivity index is 1.79. The lowest BCUT2D eigenvalue weighted by Crippen LogP contribution is -2.43. The van der Waals surface area contributed by atoms with Crippen LogP contribution in [0.2, 0.25) is 0 Å². The number of carbonyl (C=O) groups is 2. The average molecular weight is 331 g/mol. The summed E-state index contributed by atoms with van der Waals surface area (Å²) in [4.78, 5) is 24.4. The van der Waals surface area contributed by atoms with Crippen LogP contribution in [0.1, 0.15) is 63.2 Å². The summed E-state index contributed by atoms with van der Waals surface area (Å²) in [6, 6.07) is 7.36. The van der Waals surface area contributed by atoms with E-state index in [1.165, 1.54) is 12.8 Å². The highest BCUT2D eigenvalue weighted by atomic mass is 16.5. The van der Waals surface area contributed by atoms with Crippen LogP contribution in [-0.4, -0.2) is 24.3 Å². The molecular weight excluding hydrogens is 302 g/mol. The summed E-state index contributed by atoms with van der Waals surface area (Å²) >= 11 is 0. The highest BCUT2D eigenvalue weighted by Gasteiger charge is 2.28. The van der Waals surface area contributed by atoms with Crippen LogP contribution in [0.25, 0.3) is 0 Å². The van der Waals surface area contributed by atoms with E-state index in [1.54, 1.807) is 24.3 Å². The van der Waals surface area contributed by atoms with Crippen molar-refractivity contribution in [2.75, 3.05) is 6.61 Å². The molecule has 1 N–H and O–H groups in total. The molecule has 0 radical (unpaired) electrons. The lowest BCUT2D eigenvalue weighted by atomic mass is 9.78. The van der Waals surface area contributed by atoms with Crippen LogP contribution in [0.4, 0.5) is 0 Å². The van der Waals surface area contributed by atoms with Crippen molar-refractivity contribution in [1.29, 1.82) is 0 Å². The summed E-state index contributed by atoms with van der Waals surface area (Å²) in [5, 5.41) is 3.12. The van der Waals surface area contributed by atoms with Gasteiger partial charge in [0, 0.05) is 24.4 Å². The topological polar surface area (TPSA) is 55.4 Å². The first-order valence-electron chi connectivity index (χ1n) is 9.06. The molecule has 1 fully saturated rings. The summed E-state index contributed by atoms with van der Waals surface area (Å²) in [6.45, 7) is 6.98. The molecule has 3 atom stereocenters. The van der Waals surface area contributed by atoms with Gasteiger partial charge < -0.3 is 10.1 Å². The Bertz CT molecular complexity index is 553. The van der Waals surface area contributed by atoms with E-state index < -0.39 is 0 Å². The number of ether oxygens (including phenoxy) is 1. The number of nitrogens with one attached hydrogen (secondary N) is 1. The fourth-order valence-corrected chi connectivity index (χ4v) is 3.34. The fourth-order valence-electron chi connectivity index (χ4n) is 3.34. The lowest BCUT2D eigenvalue weighted by Gasteiger charge is -2.34. The monoisotopic (exact) mass is 331 g/mol. The van der Waals surface area contributed by atoms with Crippen molar-refractivity contribution < 1.29 is 14.3 Å². The molecule has 0 aliphatic heterocycles. The second kappa shape index (κ2) is 8.86. The third-order valence-corrected chi connectivity index (χ3v) is 5.12. The standard InChI is InChI=1S/C20H29NO3/c1-4-24-17-10-8-16(9-11-17)19(22)12-13-20(23)21-18-7-5-6-14(2)15(18)3/h8-11,14-15,18H,4-7,12-13H2,1-3H3,(H,21,23)/t14-,15-,18-/m0/s1. The smallest absolute Gasteiger partial charge is 0.220 e. The van der Waals surface area contributed by atoms with E-state index >= 15 is 0 Å². The van der Waals surface area contributed by atoms with E-state index in [2.05, 4.69) is 19.2 Å². The highest BCUT2D eigenvalue weighted by molar-refractivity contribution is 5.98. The maximum absolute atomic E-state index is 12.2. The molecule has 1 aromatic rings. The number of rotatable bonds is 7. The Labute approximate surface area is 145 Å². The quantitative estimate of drug-likeness (QED) is 0.769. The predicted octanol–water partition coefficient (Wildman–Crippen LogP) is 3.99. The van der Waals surface area contributed by atoms with Gasteiger partial charge >= 0.3 is 0 Å². The predicted molar refractivity (Wildman–Crippen MR) is 95.3 cm³/mol. The lowest BCUT2D eigenvalue weighted by molar-refractivity contribution is -0.122. The summed E-state index contributed by atoms with van der Waals surface area (Å²) in [6.07, 6.45) is 3.95. The molecule has 4 nitrogen and oxygen atoms in total. The number of Topliss-reactive ketones (excluding diaryl/α,β-unsaturated/α-hetero) is 1. The van der Waals surface area contributed by atoms with Crippen molar-refractivity contribution in [3.8, 4) is 5.75 Å². The van der Waals surface area contributed by atoms with Crippen LogP contribution < -0.4 is 10.1 Å². The number of amides is 1. The number of benzene rings is 1. The first kappa shape index (κ1) is 18.5. The minimum absolute atomic E-state index is 0.00161. The minimum Gasteiger partial charge on any atom is -0.494 e. The molecule has 1 aliphatic rings. The Kier molecular flexibility index (Phi) is 6.83. The molecule has 132 valence electrons. The van der Waals surface area contributed by atoms with Gasteiger partial charge in [0.2, 0.25) is 5.91 Å². The Morgan fingerprint density at radius 2 is 1.83 bits per heavy atom. The molecule has 0 unspecified atom stereocenters. The molecule has 0 saturated heterocycles. The van der Waals surface area contributed by atoms with Crippen LogP contribution in [0.3, 0.4) is 0 Å². The van der Waals surface area contributed by atoms with Gasteiger partial charge in [-0.1, -0.05) is 26.7 Å². The Morgan fingerprint density at radius 3 is 2.50 bits per heavy atom. The maximum atomic E-state index is 12.2. The summed E-state index contributed by atoms with van der Waals surface area (Å²) < 4.78 is 5.37. The van der Waals surface area contributed by atoms with E-state index in [0.29, 0.717) is 24.0 Å². The van der Waals surface area contributed by atoms with Gasteiger partial charge in [-0.15, -0.1) is 0 Å². The molecule has 2 rings (SSSR count). The fraction of sp³-hybridized carbons (Fsp3) is 0.600. The normalized spacial score (nSPS) is 23.5. The zero-order valence-electron chi connectivity index (χ0n) is 15.0. The first-order valence-corrected chi connectivity index (χ1v) is 9.06. The molecule has 0 heterocycles. The van der Waals surface area contributed by atoms with Gasteiger partial charge in [-0.05, 0) is 49.4 Å². The zero-order chi connectivity index (χ0) is 17.5. The van der Waals surface area contributed by atoms with Crippen molar-refractivity contribution in [2.45, 2.75) is 58.9 Å². The summed E-state index contributed by atoms with van der Waals surface area (Å²) in [7, 11) is 0. The molecule has 0 aromatic heterocycles. The van der Waals surface area contributed by atoms with Crippen LogP contribution in [-0.2, 0) is 4.79 Å². The molecule has 1 aromatic carbocycles. The number of carbonyl (C=O) groups excluding carboxylic acids is 2. The Hall–Kier alpha value is -1.84. The van der Waals surface area contributed by atoms with Crippen molar-refractivity contribution >= 4 is 11.7 Å². The Morgan fingerprint density at radius 1 is 1.12 bits per heavy atom. The van der Waals surface area contributed by atoms with Crippen molar-refractivity contribution in [3.05, 3.63) is 29.8 Å². The van der Waals surface area contributed by atoms with Crippen molar-refractivity contribution in [3.63, 3.8) is 0 Å². The number of hydrogen-bond acceptors (Lipinski definition) is 3. The molecule has 1 saturated carbocycles. The molecule has 1 aliphatic carbocycles. The number of hydrogen-bond donors (Lipinski definition) is 1. The van der Waals surface area contributed by atoms with E-state index in [0.717, 1.165) is 12.2 Å². The second-order valence-electron chi connectivity index (χ2n) is 6.82. The molecular formula is C20H29NO3. The zero-order valence-corrected chi connectivity index (χ0v) is 15.0. The third-order valence-electron chi connectivity index (χ3n) is 5.12. The summed E-state index contributed by atoms with van der Waals surface area (Å²) in [5.74, 6) is 1.89. The van der Waals surface area contributed by atoms with Crippen LogP contribution in [0, 0.1) is 11.8 Å². The average Bonchev–Trinajstić information content (AvgIpc) is 2.58.